The van der Waals surface area contributed by atoms with Crippen LogP contribution in [0.2, 0.25) is 0 Å². The van der Waals surface area contributed by atoms with Crippen molar-refractivity contribution in [2.45, 2.75) is 46.0 Å². The minimum absolute atomic E-state index is 0.105. The number of Topliss-reactive ketones (excluding diaryl/α,β-unsaturated/α-hetero) is 1. The Morgan fingerprint density at radius 2 is 1.68 bits per heavy atom. The number of aromatic hydroxyl groups is 2. The maximum Gasteiger partial charge on any atom is 0.343 e. The Labute approximate surface area is 228 Å². The van der Waals surface area contributed by atoms with Gasteiger partial charge in [0, 0.05) is 18.2 Å². The van der Waals surface area contributed by atoms with E-state index in [4.69, 9.17) is 23.7 Å². The number of carbonyl (C=O) groups is 2. The largest absolute Gasteiger partial charge is 0.507 e. The van der Waals surface area contributed by atoms with Crippen molar-refractivity contribution in [2.75, 3.05) is 20.8 Å². The highest BCUT2D eigenvalue weighted by Crippen LogP contribution is 2.52. The Morgan fingerprint density at radius 3 is 2.27 bits per heavy atom. The number of methoxy groups -OCH3 is 2. The molecular weight excluding hydrogens is 524 g/mol. The van der Waals surface area contributed by atoms with Gasteiger partial charge in [-0.1, -0.05) is 0 Å². The van der Waals surface area contributed by atoms with Crippen LogP contribution in [0.5, 0.6) is 23.0 Å². The van der Waals surface area contributed by atoms with Crippen molar-refractivity contribution in [1.29, 1.82) is 0 Å². The van der Waals surface area contributed by atoms with Gasteiger partial charge in [0.25, 0.3) is 0 Å². The lowest BCUT2D eigenvalue weighted by molar-refractivity contribution is 0.0266. The van der Waals surface area contributed by atoms with Crippen LogP contribution in [0.25, 0.3) is 10.8 Å². The molecule has 0 bridgehead atoms. The Kier molecular flexibility index (Phi) is 7.75. The summed E-state index contributed by atoms with van der Waals surface area (Å²) >= 11 is 0. The standard InChI is InChI=1S/C15H18O4.C14H12O7/c1-8-9(2)19-15(16)13-7-14(18-5)12(6-11(8)13)10(3)17-4;1-4-2-5(16)7-8(10(4)17)13(20)14-9(12(7)19)11(18)6(3-15)21-14/h6-7,10H,1-5H3;2,6,11,15,18-20H,3H2,1H3/t;6-,11?/m.1/s1. The molecule has 3 atom stereocenters. The number of phenols is 2. The number of ketones is 2. The van der Waals surface area contributed by atoms with Crippen molar-refractivity contribution < 1.29 is 48.6 Å². The zero-order chi connectivity index (χ0) is 29.6. The third kappa shape index (κ3) is 4.51. The number of allylic oxidation sites excluding steroid dienone is 2. The first-order valence-corrected chi connectivity index (χ1v) is 12.4. The smallest absolute Gasteiger partial charge is 0.343 e. The molecule has 0 saturated heterocycles. The van der Waals surface area contributed by atoms with Gasteiger partial charge < -0.3 is 39.1 Å². The number of aliphatic hydroxyl groups excluding tert-OH is 2. The number of carbonyl (C=O) groups excluding carboxylic acids is 2. The zero-order valence-electron chi connectivity index (χ0n) is 22.8. The molecule has 2 aromatic carbocycles. The van der Waals surface area contributed by atoms with Crippen LogP contribution in [-0.4, -0.2) is 58.9 Å². The highest BCUT2D eigenvalue weighted by atomic mass is 16.5. The maximum absolute atomic E-state index is 12.1. The lowest BCUT2D eigenvalue weighted by Crippen LogP contribution is -2.22. The SMILES string of the molecule is CC1=CC(=O)c2c(O)c3c(c(O)c2C1=O)O[C@H](CO)C3O.COc1cc2c(=O)oc(C)c(C)c2cc1C(C)OC. The molecule has 4 N–H and O–H groups in total. The summed E-state index contributed by atoms with van der Waals surface area (Å²) < 4.78 is 21.1. The van der Waals surface area contributed by atoms with E-state index in [0.29, 0.717) is 16.9 Å². The van der Waals surface area contributed by atoms with Crippen LogP contribution in [0.15, 0.2) is 33.0 Å². The lowest BCUT2D eigenvalue weighted by Gasteiger charge is -2.18. The third-order valence-electron chi connectivity index (χ3n) is 7.27. The molecule has 0 radical (unpaired) electrons. The molecule has 11 nitrogen and oxygen atoms in total. The second kappa shape index (κ2) is 10.8. The van der Waals surface area contributed by atoms with E-state index in [2.05, 4.69) is 0 Å². The highest BCUT2D eigenvalue weighted by molar-refractivity contribution is 6.27. The monoisotopic (exact) mass is 554 g/mol. The van der Waals surface area contributed by atoms with Crippen molar-refractivity contribution in [3.05, 3.63) is 67.8 Å². The number of fused-ring (bicyclic) bond motifs is 3. The quantitative estimate of drug-likeness (QED) is 0.348. The summed E-state index contributed by atoms with van der Waals surface area (Å²) in [6.45, 7) is 6.53. The lowest BCUT2D eigenvalue weighted by atomic mass is 9.86. The Balaban J connectivity index is 0.000000186. The summed E-state index contributed by atoms with van der Waals surface area (Å²) in [4.78, 5) is 36.0. The van der Waals surface area contributed by atoms with Crippen LogP contribution >= 0.6 is 0 Å². The van der Waals surface area contributed by atoms with Gasteiger partial charge in [0.15, 0.2) is 29.2 Å². The summed E-state index contributed by atoms with van der Waals surface area (Å²) in [5, 5.41) is 40.9. The van der Waals surface area contributed by atoms with Gasteiger partial charge in [0.05, 0.1) is 41.9 Å². The Bertz CT molecular complexity index is 1630. The van der Waals surface area contributed by atoms with Crippen LogP contribution in [0.1, 0.15) is 69.2 Å². The molecule has 2 heterocycles. The Morgan fingerprint density at radius 1 is 1.00 bits per heavy atom. The number of rotatable bonds is 4. The molecule has 5 rings (SSSR count). The molecule has 0 spiro atoms. The molecular formula is C29H30O11. The molecule has 1 aromatic heterocycles. The molecule has 40 heavy (non-hydrogen) atoms. The van der Waals surface area contributed by atoms with Gasteiger partial charge in [0.1, 0.15) is 23.4 Å². The van der Waals surface area contributed by atoms with E-state index in [1.807, 2.05) is 19.9 Å². The van der Waals surface area contributed by atoms with Gasteiger partial charge in [-0.25, -0.2) is 4.79 Å². The molecule has 0 fully saturated rings. The van der Waals surface area contributed by atoms with E-state index in [-0.39, 0.29) is 39.7 Å². The summed E-state index contributed by atoms with van der Waals surface area (Å²) in [5.74, 6) is -1.48. The normalized spacial score (nSPS) is 18.4. The first-order valence-electron chi connectivity index (χ1n) is 12.4. The fourth-order valence-electron chi connectivity index (χ4n) is 4.80. The van der Waals surface area contributed by atoms with E-state index < -0.39 is 41.9 Å². The Hall–Kier alpha value is -4.19. The zero-order valence-corrected chi connectivity index (χ0v) is 22.8. The fourth-order valence-corrected chi connectivity index (χ4v) is 4.80. The third-order valence-corrected chi connectivity index (χ3v) is 7.27. The van der Waals surface area contributed by atoms with Crippen LogP contribution in [0.4, 0.5) is 0 Å². The predicted octanol–water partition coefficient (Wildman–Crippen LogP) is 3.34. The molecule has 0 saturated carbocycles. The summed E-state index contributed by atoms with van der Waals surface area (Å²) in [5.41, 5.74) is 0.768. The van der Waals surface area contributed by atoms with Crippen molar-refractivity contribution in [3.8, 4) is 23.0 Å². The van der Waals surface area contributed by atoms with Gasteiger partial charge >= 0.3 is 5.63 Å². The van der Waals surface area contributed by atoms with Gasteiger partial charge in [-0.15, -0.1) is 0 Å². The molecule has 0 amide bonds. The number of phenolic OH excluding ortho intramolecular Hbond substituents is 2. The molecule has 11 heteroatoms. The van der Waals surface area contributed by atoms with Crippen molar-refractivity contribution in [3.63, 3.8) is 0 Å². The van der Waals surface area contributed by atoms with Crippen molar-refractivity contribution in [1.82, 2.24) is 0 Å². The van der Waals surface area contributed by atoms with E-state index in [1.165, 1.54) is 6.92 Å². The fraction of sp³-hybridized carbons (Fsp3) is 0.345. The number of aryl methyl sites for hydroxylation is 2. The summed E-state index contributed by atoms with van der Waals surface area (Å²) in [6.07, 6.45) is -1.54. The first kappa shape index (κ1) is 28.8. The first-order chi connectivity index (χ1) is 18.9. The van der Waals surface area contributed by atoms with Crippen molar-refractivity contribution in [2.24, 2.45) is 0 Å². The summed E-state index contributed by atoms with van der Waals surface area (Å²) in [7, 11) is 3.22. The van der Waals surface area contributed by atoms with E-state index >= 15 is 0 Å². The second-order valence-corrected chi connectivity index (χ2v) is 9.58. The van der Waals surface area contributed by atoms with E-state index in [9.17, 15) is 29.7 Å². The van der Waals surface area contributed by atoms with E-state index in [0.717, 1.165) is 22.6 Å². The average molecular weight is 555 g/mol. The molecule has 2 aliphatic rings. The van der Waals surface area contributed by atoms with Crippen LogP contribution in [0, 0.1) is 13.8 Å². The number of ether oxygens (including phenoxy) is 3. The van der Waals surface area contributed by atoms with Crippen molar-refractivity contribution >= 4 is 22.3 Å². The minimum atomic E-state index is -1.41. The van der Waals surface area contributed by atoms with Crippen LogP contribution in [0.3, 0.4) is 0 Å². The van der Waals surface area contributed by atoms with Gasteiger partial charge in [-0.3, -0.25) is 9.59 Å². The number of hydrogen-bond acceptors (Lipinski definition) is 11. The predicted molar refractivity (Wildman–Crippen MR) is 143 cm³/mol. The maximum atomic E-state index is 12.1. The summed E-state index contributed by atoms with van der Waals surface area (Å²) in [6, 6.07) is 3.67. The van der Waals surface area contributed by atoms with Crippen LogP contribution < -0.4 is 15.1 Å². The number of hydrogen-bond donors (Lipinski definition) is 4. The molecule has 2 unspecified atom stereocenters. The number of aliphatic hydroxyl groups is 2. The van der Waals surface area contributed by atoms with Crippen LogP contribution in [-0.2, 0) is 4.74 Å². The topological polar surface area (TPSA) is 173 Å². The molecule has 1 aliphatic carbocycles. The van der Waals surface area contributed by atoms with E-state index in [1.54, 1.807) is 27.2 Å². The van der Waals surface area contributed by atoms with Gasteiger partial charge in [0.2, 0.25) is 0 Å². The molecule has 212 valence electrons. The second-order valence-electron chi connectivity index (χ2n) is 9.58. The molecule has 1 aliphatic heterocycles. The molecule has 3 aromatic rings. The number of benzene rings is 2. The van der Waals surface area contributed by atoms with Gasteiger partial charge in [-0.05, 0) is 56.9 Å². The highest BCUT2D eigenvalue weighted by Gasteiger charge is 2.43. The average Bonchev–Trinajstić information content (AvgIpc) is 3.28. The minimum Gasteiger partial charge on any atom is -0.507 e. The van der Waals surface area contributed by atoms with Gasteiger partial charge in [-0.2, -0.15) is 0 Å².